The molecule has 4 nitrogen and oxygen atoms in total. The number of aromatic nitrogens is 2. The van der Waals surface area contributed by atoms with Crippen LogP contribution in [0, 0.1) is 0 Å². The Morgan fingerprint density at radius 2 is 2.07 bits per heavy atom. The average Bonchev–Trinajstić information content (AvgIpc) is 2.66. The van der Waals surface area contributed by atoms with E-state index in [1.54, 1.807) is 17.1 Å². The molecule has 0 aliphatic carbocycles. The summed E-state index contributed by atoms with van der Waals surface area (Å²) in [6.45, 7) is 0.157. The fourth-order valence-corrected chi connectivity index (χ4v) is 1.46. The minimum absolute atomic E-state index is 0.157. The number of primary amides is 1. The number of carbonyl (C=O) groups is 1. The fraction of sp³-hybridized carbons (Fsp3) is 0.0909. The maximum Gasteiger partial charge on any atom is 0.237 e. The predicted molar refractivity (Wildman–Crippen MR) is 56.9 cm³/mol. The summed E-state index contributed by atoms with van der Waals surface area (Å²) >= 11 is 0. The Kier molecular flexibility index (Phi) is 2.49. The van der Waals surface area contributed by atoms with Crippen LogP contribution < -0.4 is 5.73 Å². The van der Waals surface area contributed by atoms with E-state index in [9.17, 15) is 4.79 Å². The minimum atomic E-state index is -0.370. The summed E-state index contributed by atoms with van der Waals surface area (Å²) in [5, 5.41) is 0. The van der Waals surface area contributed by atoms with Crippen LogP contribution in [0.1, 0.15) is 0 Å². The number of imidazole rings is 1. The van der Waals surface area contributed by atoms with Crippen molar-refractivity contribution in [2.45, 2.75) is 6.54 Å². The number of hydrogen-bond acceptors (Lipinski definition) is 2. The Balaban J connectivity index is 2.37. The van der Waals surface area contributed by atoms with Crippen molar-refractivity contribution in [3.63, 3.8) is 0 Å². The van der Waals surface area contributed by atoms with Gasteiger partial charge in [0.1, 0.15) is 6.54 Å². The largest absolute Gasteiger partial charge is 0.368 e. The lowest BCUT2D eigenvalue weighted by atomic mass is 10.2. The molecule has 1 aromatic carbocycles. The minimum Gasteiger partial charge on any atom is -0.368 e. The van der Waals surface area contributed by atoms with Crippen molar-refractivity contribution >= 4 is 5.91 Å². The molecule has 1 amide bonds. The third-order valence-corrected chi connectivity index (χ3v) is 2.11. The molecule has 0 aliphatic heterocycles. The van der Waals surface area contributed by atoms with E-state index >= 15 is 0 Å². The standard InChI is InChI=1S/C11H11N3O/c12-11(15)7-14-8-13-6-10(14)9-4-2-1-3-5-9/h1-6,8H,7H2,(H2,12,15). The molecule has 2 rings (SSSR count). The number of hydrogen-bond donors (Lipinski definition) is 1. The van der Waals surface area contributed by atoms with Crippen molar-refractivity contribution in [2.75, 3.05) is 0 Å². The summed E-state index contributed by atoms with van der Waals surface area (Å²) in [5.41, 5.74) is 7.06. The van der Waals surface area contributed by atoms with Crippen LogP contribution in [0.5, 0.6) is 0 Å². The molecule has 1 aromatic heterocycles. The van der Waals surface area contributed by atoms with Crippen LogP contribution in [0.15, 0.2) is 42.9 Å². The lowest BCUT2D eigenvalue weighted by molar-refractivity contribution is -0.118. The summed E-state index contributed by atoms with van der Waals surface area (Å²) in [7, 11) is 0. The SMILES string of the molecule is NC(=O)Cn1cncc1-c1ccccc1. The smallest absolute Gasteiger partial charge is 0.237 e. The van der Waals surface area contributed by atoms with Crippen LogP contribution in [-0.2, 0) is 11.3 Å². The van der Waals surface area contributed by atoms with Gasteiger partial charge in [0.2, 0.25) is 5.91 Å². The maximum atomic E-state index is 10.8. The van der Waals surface area contributed by atoms with Gasteiger partial charge in [0.15, 0.2) is 0 Å². The van der Waals surface area contributed by atoms with E-state index in [1.165, 1.54) is 0 Å². The summed E-state index contributed by atoms with van der Waals surface area (Å²) in [6, 6.07) is 9.76. The molecular weight excluding hydrogens is 190 g/mol. The average molecular weight is 201 g/mol. The topological polar surface area (TPSA) is 60.9 Å². The summed E-state index contributed by atoms with van der Waals surface area (Å²) in [6.07, 6.45) is 3.32. The first-order chi connectivity index (χ1) is 7.27. The summed E-state index contributed by atoms with van der Waals surface area (Å²) in [4.78, 5) is 14.8. The van der Waals surface area contributed by atoms with Gasteiger partial charge in [-0.3, -0.25) is 4.79 Å². The van der Waals surface area contributed by atoms with E-state index in [-0.39, 0.29) is 12.5 Å². The lowest BCUT2D eigenvalue weighted by Gasteiger charge is -2.05. The van der Waals surface area contributed by atoms with Gasteiger partial charge >= 0.3 is 0 Å². The normalized spacial score (nSPS) is 10.1. The van der Waals surface area contributed by atoms with E-state index in [2.05, 4.69) is 4.98 Å². The zero-order chi connectivity index (χ0) is 10.7. The monoisotopic (exact) mass is 201 g/mol. The highest BCUT2D eigenvalue weighted by Crippen LogP contribution is 2.17. The van der Waals surface area contributed by atoms with Crippen molar-refractivity contribution in [3.8, 4) is 11.3 Å². The van der Waals surface area contributed by atoms with Crippen LogP contribution >= 0.6 is 0 Å². The highest BCUT2D eigenvalue weighted by Gasteiger charge is 2.05. The first-order valence-corrected chi connectivity index (χ1v) is 4.61. The Hall–Kier alpha value is -2.10. The molecule has 15 heavy (non-hydrogen) atoms. The molecule has 0 atom stereocenters. The second-order valence-corrected chi connectivity index (χ2v) is 3.24. The Morgan fingerprint density at radius 1 is 1.33 bits per heavy atom. The maximum absolute atomic E-state index is 10.8. The van der Waals surface area contributed by atoms with E-state index in [4.69, 9.17) is 5.73 Å². The molecule has 0 saturated heterocycles. The third kappa shape index (κ3) is 2.04. The Bertz CT molecular complexity index is 462. The van der Waals surface area contributed by atoms with Gasteiger partial charge in [0.25, 0.3) is 0 Å². The van der Waals surface area contributed by atoms with Gasteiger partial charge in [0.05, 0.1) is 18.2 Å². The molecule has 76 valence electrons. The highest BCUT2D eigenvalue weighted by molar-refractivity contribution is 5.74. The van der Waals surface area contributed by atoms with E-state index in [1.807, 2.05) is 30.3 Å². The van der Waals surface area contributed by atoms with Crippen LogP contribution in [-0.4, -0.2) is 15.5 Å². The number of carbonyl (C=O) groups excluding carboxylic acids is 1. The van der Waals surface area contributed by atoms with Crippen molar-refractivity contribution in [3.05, 3.63) is 42.9 Å². The molecular formula is C11H11N3O. The van der Waals surface area contributed by atoms with E-state index in [0.717, 1.165) is 11.3 Å². The molecule has 0 fully saturated rings. The zero-order valence-electron chi connectivity index (χ0n) is 8.13. The molecule has 0 aliphatic rings. The molecule has 0 radical (unpaired) electrons. The number of amides is 1. The first kappa shape index (κ1) is 9.45. The van der Waals surface area contributed by atoms with Gasteiger partial charge < -0.3 is 10.3 Å². The summed E-state index contributed by atoms with van der Waals surface area (Å²) in [5.74, 6) is -0.370. The van der Waals surface area contributed by atoms with Gasteiger partial charge in [-0.1, -0.05) is 30.3 Å². The molecule has 1 heterocycles. The third-order valence-electron chi connectivity index (χ3n) is 2.11. The molecule has 0 spiro atoms. The number of nitrogens with two attached hydrogens (primary N) is 1. The van der Waals surface area contributed by atoms with Crippen LogP contribution in [0.4, 0.5) is 0 Å². The molecule has 4 heteroatoms. The first-order valence-electron chi connectivity index (χ1n) is 4.61. The second-order valence-electron chi connectivity index (χ2n) is 3.24. The molecule has 0 saturated carbocycles. The summed E-state index contributed by atoms with van der Waals surface area (Å²) < 4.78 is 1.73. The van der Waals surface area contributed by atoms with E-state index in [0.29, 0.717) is 0 Å². The van der Waals surface area contributed by atoms with Crippen molar-refractivity contribution in [1.29, 1.82) is 0 Å². The van der Waals surface area contributed by atoms with Crippen LogP contribution in [0.25, 0.3) is 11.3 Å². The molecule has 0 bridgehead atoms. The predicted octanol–water partition coefficient (Wildman–Crippen LogP) is 1.04. The molecule has 2 aromatic rings. The van der Waals surface area contributed by atoms with Crippen molar-refractivity contribution in [1.82, 2.24) is 9.55 Å². The fourth-order valence-electron chi connectivity index (χ4n) is 1.46. The van der Waals surface area contributed by atoms with E-state index < -0.39 is 0 Å². The molecule has 0 unspecified atom stereocenters. The van der Waals surface area contributed by atoms with Crippen molar-refractivity contribution < 1.29 is 4.79 Å². The van der Waals surface area contributed by atoms with Gasteiger partial charge in [-0.25, -0.2) is 4.98 Å². The second kappa shape index (κ2) is 3.96. The Labute approximate surface area is 87.4 Å². The number of nitrogens with zero attached hydrogens (tertiary/aromatic N) is 2. The zero-order valence-corrected chi connectivity index (χ0v) is 8.13. The number of rotatable bonds is 3. The van der Waals surface area contributed by atoms with Crippen molar-refractivity contribution in [2.24, 2.45) is 5.73 Å². The van der Waals surface area contributed by atoms with Crippen LogP contribution in [0.2, 0.25) is 0 Å². The Morgan fingerprint density at radius 3 is 2.73 bits per heavy atom. The number of benzene rings is 1. The van der Waals surface area contributed by atoms with Gasteiger partial charge in [-0.05, 0) is 5.56 Å². The van der Waals surface area contributed by atoms with Gasteiger partial charge in [-0.15, -0.1) is 0 Å². The lowest BCUT2D eigenvalue weighted by Crippen LogP contribution is -2.18. The van der Waals surface area contributed by atoms with Gasteiger partial charge in [-0.2, -0.15) is 0 Å². The highest BCUT2D eigenvalue weighted by atomic mass is 16.1. The quantitative estimate of drug-likeness (QED) is 0.806. The molecule has 2 N–H and O–H groups in total. The van der Waals surface area contributed by atoms with Gasteiger partial charge in [0, 0.05) is 0 Å². The van der Waals surface area contributed by atoms with Crippen LogP contribution in [0.3, 0.4) is 0 Å².